The maximum atomic E-state index is 14.7. The van der Waals surface area contributed by atoms with Crippen molar-refractivity contribution in [2.75, 3.05) is 13.2 Å². The van der Waals surface area contributed by atoms with Gasteiger partial charge in [0, 0.05) is 5.56 Å². The van der Waals surface area contributed by atoms with Crippen LogP contribution in [0.2, 0.25) is 0 Å². The molecule has 4 rings (SSSR count). The Labute approximate surface area is 192 Å². The summed E-state index contributed by atoms with van der Waals surface area (Å²) in [6.45, 7) is 7.14. The van der Waals surface area contributed by atoms with Gasteiger partial charge in [0.25, 0.3) is 0 Å². The topological polar surface area (TPSA) is 18.5 Å². The Morgan fingerprint density at radius 3 is 2.41 bits per heavy atom. The van der Waals surface area contributed by atoms with Crippen molar-refractivity contribution < 1.29 is 18.3 Å². The van der Waals surface area contributed by atoms with Crippen LogP contribution in [0.15, 0.2) is 30.9 Å². The average molecular weight is 445 g/mol. The first kappa shape index (κ1) is 23.5. The van der Waals surface area contributed by atoms with Crippen LogP contribution in [-0.4, -0.2) is 19.3 Å². The van der Waals surface area contributed by atoms with E-state index in [-0.39, 0.29) is 5.75 Å². The molecular weight excluding hydrogens is 406 g/mol. The summed E-state index contributed by atoms with van der Waals surface area (Å²) in [5.74, 6) is 0.938. The van der Waals surface area contributed by atoms with Crippen molar-refractivity contribution in [3.05, 3.63) is 48.1 Å². The Kier molecular flexibility index (Phi) is 8.04. The van der Waals surface area contributed by atoms with Crippen molar-refractivity contribution in [1.29, 1.82) is 0 Å². The van der Waals surface area contributed by atoms with Crippen LogP contribution in [0.5, 0.6) is 5.75 Å². The van der Waals surface area contributed by atoms with Gasteiger partial charge in [-0.05, 0) is 106 Å². The molecule has 1 aromatic rings. The van der Waals surface area contributed by atoms with Gasteiger partial charge in [-0.15, -0.1) is 6.58 Å². The van der Waals surface area contributed by atoms with Gasteiger partial charge in [-0.3, -0.25) is 0 Å². The van der Waals surface area contributed by atoms with Crippen LogP contribution in [0.1, 0.15) is 76.7 Å². The standard InChI is InChI=1S/C28H38F2O2/c1-3-17-31-26-16-14-24(27(29)28(26)30)21-11-9-20(10-12-21)23-13-15-25(32-18-23)22-7-5-19(4-2)6-8-22/h4,11,14,16,19-20,22-23,25H,2-3,5-10,12-13,15,17-18H2,1H3. The molecule has 0 spiro atoms. The van der Waals surface area contributed by atoms with Crippen molar-refractivity contribution in [3.8, 4) is 5.75 Å². The van der Waals surface area contributed by atoms with Crippen LogP contribution in [0.4, 0.5) is 8.78 Å². The molecule has 1 saturated carbocycles. The van der Waals surface area contributed by atoms with Gasteiger partial charge in [-0.2, -0.15) is 4.39 Å². The average Bonchev–Trinajstić information content (AvgIpc) is 2.85. The fourth-order valence-electron chi connectivity index (χ4n) is 5.92. The van der Waals surface area contributed by atoms with E-state index in [1.54, 1.807) is 12.1 Å². The van der Waals surface area contributed by atoms with Crippen LogP contribution < -0.4 is 4.74 Å². The number of rotatable bonds is 7. The molecule has 0 N–H and O–H groups in total. The molecule has 0 amide bonds. The summed E-state index contributed by atoms with van der Waals surface area (Å²) in [7, 11) is 0. The zero-order valence-electron chi connectivity index (χ0n) is 19.5. The lowest BCUT2D eigenvalue weighted by Gasteiger charge is -2.40. The Morgan fingerprint density at radius 1 is 1.00 bits per heavy atom. The summed E-state index contributed by atoms with van der Waals surface area (Å²) in [6, 6.07) is 3.24. The van der Waals surface area contributed by atoms with Gasteiger partial charge >= 0.3 is 0 Å². The molecule has 2 aliphatic carbocycles. The first-order chi connectivity index (χ1) is 15.6. The summed E-state index contributed by atoms with van der Waals surface area (Å²) in [5.41, 5.74) is 1.31. The Bertz CT molecular complexity index is 802. The van der Waals surface area contributed by atoms with Gasteiger partial charge in [0.1, 0.15) is 0 Å². The van der Waals surface area contributed by atoms with E-state index in [4.69, 9.17) is 9.47 Å². The molecule has 176 valence electrons. The van der Waals surface area contributed by atoms with Crippen LogP contribution in [0, 0.1) is 35.3 Å². The minimum Gasteiger partial charge on any atom is -0.490 e. The molecule has 0 radical (unpaired) electrons. The molecule has 2 nitrogen and oxygen atoms in total. The van der Waals surface area contributed by atoms with Crippen molar-refractivity contribution in [3.63, 3.8) is 0 Å². The minimum absolute atomic E-state index is 0.00859. The number of halogens is 2. The highest BCUT2D eigenvalue weighted by atomic mass is 19.2. The predicted octanol–water partition coefficient (Wildman–Crippen LogP) is 7.72. The molecule has 1 heterocycles. The number of hydrogen-bond donors (Lipinski definition) is 0. The van der Waals surface area contributed by atoms with E-state index >= 15 is 0 Å². The van der Waals surface area contributed by atoms with Gasteiger partial charge < -0.3 is 9.47 Å². The Morgan fingerprint density at radius 2 is 1.78 bits per heavy atom. The second-order valence-corrected chi connectivity index (χ2v) is 9.97. The molecule has 0 aromatic heterocycles. The summed E-state index contributed by atoms with van der Waals surface area (Å²) < 4.78 is 40.8. The van der Waals surface area contributed by atoms with Crippen molar-refractivity contribution in [2.45, 2.75) is 77.2 Å². The lowest BCUT2D eigenvalue weighted by Crippen LogP contribution is -2.36. The predicted molar refractivity (Wildman–Crippen MR) is 126 cm³/mol. The van der Waals surface area contributed by atoms with E-state index < -0.39 is 11.6 Å². The third-order valence-corrected chi connectivity index (χ3v) is 7.99. The van der Waals surface area contributed by atoms with Gasteiger partial charge in [0.15, 0.2) is 11.6 Å². The minimum atomic E-state index is -0.868. The molecule has 3 unspecified atom stereocenters. The number of allylic oxidation sites excluding steroid dienone is 3. The fraction of sp³-hybridized carbons (Fsp3) is 0.643. The maximum absolute atomic E-state index is 14.7. The highest BCUT2D eigenvalue weighted by Crippen LogP contribution is 2.42. The second kappa shape index (κ2) is 11.0. The van der Waals surface area contributed by atoms with Crippen molar-refractivity contribution >= 4 is 5.57 Å². The monoisotopic (exact) mass is 444 g/mol. The largest absolute Gasteiger partial charge is 0.490 e. The first-order valence-electron chi connectivity index (χ1n) is 12.6. The van der Waals surface area contributed by atoms with Gasteiger partial charge in [0.2, 0.25) is 5.82 Å². The van der Waals surface area contributed by atoms with Gasteiger partial charge in [0.05, 0.1) is 19.3 Å². The van der Waals surface area contributed by atoms with Crippen LogP contribution >= 0.6 is 0 Å². The second-order valence-electron chi connectivity index (χ2n) is 9.97. The molecular formula is C28H38F2O2. The van der Waals surface area contributed by atoms with Crippen molar-refractivity contribution in [1.82, 2.24) is 0 Å². The number of hydrogen-bond acceptors (Lipinski definition) is 2. The zero-order chi connectivity index (χ0) is 22.5. The maximum Gasteiger partial charge on any atom is 0.201 e. The Balaban J connectivity index is 1.30. The summed E-state index contributed by atoms with van der Waals surface area (Å²) in [4.78, 5) is 0. The highest BCUT2D eigenvalue weighted by molar-refractivity contribution is 5.67. The third kappa shape index (κ3) is 5.27. The molecule has 1 aromatic carbocycles. The van der Waals surface area contributed by atoms with E-state index in [9.17, 15) is 8.78 Å². The lowest BCUT2D eigenvalue weighted by molar-refractivity contribution is -0.0692. The Hall–Kier alpha value is -1.68. The molecule has 1 aliphatic heterocycles. The van der Waals surface area contributed by atoms with Crippen LogP contribution in [0.3, 0.4) is 0 Å². The number of benzene rings is 1. The van der Waals surface area contributed by atoms with Crippen molar-refractivity contribution in [2.24, 2.45) is 23.7 Å². The quantitative estimate of drug-likeness (QED) is 0.401. The number of ether oxygens (including phenoxy) is 2. The SMILES string of the molecule is C=CC1CCC(C2CCC(C3CC=C(c4ccc(OCCC)c(F)c4F)CC3)CO2)CC1. The van der Waals surface area contributed by atoms with E-state index in [0.29, 0.717) is 41.9 Å². The van der Waals surface area contributed by atoms with E-state index in [1.807, 2.05) is 6.92 Å². The molecule has 4 heteroatoms. The molecule has 3 atom stereocenters. The molecule has 2 fully saturated rings. The van der Waals surface area contributed by atoms with E-state index in [2.05, 4.69) is 18.7 Å². The van der Waals surface area contributed by atoms with Crippen LogP contribution in [0.25, 0.3) is 5.57 Å². The van der Waals surface area contributed by atoms with Gasteiger partial charge in [-0.25, -0.2) is 4.39 Å². The molecule has 1 saturated heterocycles. The summed E-state index contributed by atoms with van der Waals surface area (Å²) in [6.07, 6.45) is 15.6. The first-order valence-corrected chi connectivity index (χ1v) is 12.6. The zero-order valence-corrected chi connectivity index (χ0v) is 19.5. The molecule has 32 heavy (non-hydrogen) atoms. The van der Waals surface area contributed by atoms with E-state index in [0.717, 1.165) is 37.9 Å². The third-order valence-electron chi connectivity index (χ3n) is 7.99. The lowest BCUT2D eigenvalue weighted by atomic mass is 9.74. The van der Waals surface area contributed by atoms with Gasteiger partial charge in [-0.1, -0.05) is 19.1 Å². The fourth-order valence-corrected chi connectivity index (χ4v) is 5.92. The van der Waals surface area contributed by atoms with E-state index in [1.165, 1.54) is 38.5 Å². The normalized spacial score (nSPS) is 31.1. The summed E-state index contributed by atoms with van der Waals surface area (Å²) in [5, 5.41) is 0. The highest BCUT2D eigenvalue weighted by Gasteiger charge is 2.34. The van der Waals surface area contributed by atoms with Crippen LogP contribution in [-0.2, 0) is 4.74 Å². The molecule has 3 aliphatic rings. The smallest absolute Gasteiger partial charge is 0.201 e. The molecule has 0 bridgehead atoms. The summed E-state index contributed by atoms with van der Waals surface area (Å²) >= 11 is 0.